The normalized spacial score (nSPS) is 11.2. The van der Waals surface area contributed by atoms with Crippen LogP contribution in [0.3, 0.4) is 0 Å². The zero-order chi connectivity index (χ0) is 11.5. The van der Waals surface area contributed by atoms with Crippen molar-refractivity contribution in [2.24, 2.45) is 0 Å². The van der Waals surface area contributed by atoms with E-state index in [1.54, 1.807) is 33.6 Å². The average molecular weight is 228 g/mol. The summed E-state index contributed by atoms with van der Waals surface area (Å²) in [6, 6.07) is 5.59. The summed E-state index contributed by atoms with van der Waals surface area (Å²) in [7, 11) is 1.15. The standard InChI is InChI=1S/C11H17O3P/c1-13-10-5-9(8-15(3,4)12)6-11(7-10)14-2/h5-7H,8H2,1-4H3. The molecule has 1 aromatic rings. The minimum absolute atomic E-state index is 0.570. The highest BCUT2D eigenvalue weighted by Gasteiger charge is 2.10. The summed E-state index contributed by atoms with van der Waals surface area (Å²) in [5, 5.41) is 0. The second kappa shape index (κ2) is 4.71. The summed E-state index contributed by atoms with van der Waals surface area (Å²) in [6.45, 7) is 3.55. The molecule has 84 valence electrons. The molecule has 0 saturated heterocycles. The molecule has 0 radical (unpaired) electrons. The van der Waals surface area contributed by atoms with Crippen molar-refractivity contribution in [3.8, 4) is 11.5 Å². The van der Waals surface area contributed by atoms with Crippen molar-refractivity contribution < 1.29 is 14.0 Å². The van der Waals surface area contributed by atoms with Gasteiger partial charge in [-0.25, -0.2) is 0 Å². The van der Waals surface area contributed by atoms with Gasteiger partial charge in [-0.3, -0.25) is 0 Å². The summed E-state index contributed by atoms with van der Waals surface area (Å²) >= 11 is 0. The van der Waals surface area contributed by atoms with Crippen LogP contribution in [-0.2, 0) is 10.7 Å². The van der Waals surface area contributed by atoms with Crippen molar-refractivity contribution in [3.05, 3.63) is 23.8 Å². The molecule has 0 spiro atoms. The summed E-state index contributed by atoms with van der Waals surface area (Å²) < 4.78 is 22.0. The molecule has 15 heavy (non-hydrogen) atoms. The molecule has 4 heteroatoms. The first kappa shape index (κ1) is 12.1. The molecule has 1 aromatic carbocycles. The Morgan fingerprint density at radius 2 is 1.53 bits per heavy atom. The number of methoxy groups -OCH3 is 2. The van der Waals surface area contributed by atoms with Crippen molar-refractivity contribution in [1.82, 2.24) is 0 Å². The van der Waals surface area contributed by atoms with Crippen molar-refractivity contribution in [1.29, 1.82) is 0 Å². The van der Waals surface area contributed by atoms with Crippen molar-refractivity contribution in [2.45, 2.75) is 6.16 Å². The average Bonchev–Trinajstić information content (AvgIpc) is 2.14. The maximum Gasteiger partial charge on any atom is 0.122 e. The Kier molecular flexibility index (Phi) is 3.81. The fraction of sp³-hybridized carbons (Fsp3) is 0.455. The molecule has 0 N–H and O–H groups in total. The van der Waals surface area contributed by atoms with Crippen LogP contribution in [0.4, 0.5) is 0 Å². The SMILES string of the molecule is COc1cc(CP(C)(C)=O)cc(OC)c1. The van der Waals surface area contributed by atoms with E-state index in [9.17, 15) is 4.57 Å². The van der Waals surface area contributed by atoms with Crippen LogP contribution in [0.15, 0.2) is 18.2 Å². The Morgan fingerprint density at radius 3 is 1.87 bits per heavy atom. The first-order chi connectivity index (χ1) is 6.94. The lowest BCUT2D eigenvalue weighted by Crippen LogP contribution is -1.92. The second-order valence-electron chi connectivity index (χ2n) is 3.95. The van der Waals surface area contributed by atoms with Gasteiger partial charge in [0.2, 0.25) is 0 Å². The highest BCUT2D eigenvalue weighted by molar-refractivity contribution is 7.61. The van der Waals surface area contributed by atoms with Gasteiger partial charge in [0, 0.05) is 12.2 Å². The highest BCUT2D eigenvalue weighted by Crippen LogP contribution is 2.41. The maximum absolute atomic E-state index is 11.7. The molecule has 0 fully saturated rings. The third-order valence-corrected chi connectivity index (χ3v) is 3.10. The lowest BCUT2D eigenvalue weighted by Gasteiger charge is -2.10. The monoisotopic (exact) mass is 228 g/mol. The van der Waals surface area contributed by atoms with Gasteiger partial charge in [0.05, 0.1) is 21.4 Å². The lowest BCUT2D eigenvalue weighted by molar-refractivity contribution is 0.393. The second-order valence-corrected chi connectivity index (χ2v) is 7.42. The van der Waals surface area contributed by atoms with Gasteiger partial charge in [-0.2, -0.15) is 0 Å². The van der Waals surface area contributed by atoms with Gasteiger partial charge in [0.1, 0.15) is 11.5 Å². The van der Waals surface area contributed by atoms with E-state index in [1.807, 2.05) is 12.1 Å². The maximum atomic E-state index is 11.7. The van der Waals surface area contributed by atoms with Crippen molar-refractivity contribution in [2.75, 3.05) is 27.5 Å². The zero-order valence-corrected chi connectivity index (χ0v) is 10.5. The summed E-state index contributed by atoms with van der Waals surface area (Å²) in [4.78, 5) is 0. The number of rotatable bonds is 4. The van der Waals surface area contributed by atoms with Gasteiger partial charge in [-0.1, -0.05) is 0 Å². The van der Waals surface area contributed by atoms with Crippen LogP contribution in [-0.4, -0.2) is 27.5 Å². The number of ether oxygens (including phenoxy) is 2. The molecular weight excluding hydrogens is 211 g/mol. The van der Waals surface area contributed by atoms with Gasteiger partial charge in [-0.15, -0.1) is 0 Å². The Morgan fingerprint density at radius 1 is 1.07 bits per heavy atom. The largest absolute Gasteiger partial charge is 0.497 e. The summed E-state index contributed by atoms with van der Waals surface area (Å²) in [5.41, 5.74) is 0.986. The number of hydrogen-bond acceptors (Lipinski definition) is 3. The molecule has 0 atom stereocenters. The van der Waals surface area contributed by atoms with Crippen LogP contribution in [0.25, 0.3) is 0 Å². The van der Waals surface area contributed by atoms with Crippen molar-refractivity contribution >= 4 is 7.14 Å². The Balaban J connectivity index is 3.02. The Bertz CT molecular complexity index is 359. The van der Waals surface area contributed by atoms with Crippen molar-refractivity contribution in [3.63, 3.8) is 0 Å². The third-order valence-electron chi connectivity index (χ3n) is 1.97. The molecular formula is C11H17O3P. The number of hydrogen-bond donors (Lipinski definition) is 0. The molecule has 0 aromatic heterocycles. The van der Waals surface area contributed by atoms with E-state index in [-0.39, 0.29) is 0 Å². The zero-order valence-electron chi connectivity index (χ0n) is 9.61. The van der Waals surface area contributed by atoms with E-state index in [1.165, 1.54) is 0 Å². The smallest absolute Gasteiger partial charge is 0.122 e. The summed E-state index contributed by atoms with van der Waals surface area (Å²) in [5.74, 6) is 1.47. The molecule has 0 amide bonds. The minimum atomic E-state index is -2.06. The number of benzene rings is 1. The van der Waals surface area contributed by atoms with E-state index in [2.05, 4.69) is 0 Å². The van der Waals surface area contributed by atoms with E-state index >= 15 is 0 Å². The van der Waals surface area contributed by atoms with Gasteiger partial charge in [0.15, 0.2) is 0 Å². The Labute approximate surface area is 90.8 Å². The van der Waals surface area contributed by atoms with E-state index < -0.39 is 7.14 Å². The predicted octanol–water partition coefficient (Wildman–Crippen LogP) is 2.83. The topological polar surface area (TPSA) is 35.5 Å². The van der Waals surface area contributed by atoms with Gasteiger partial charge in [0.25, 0.3) is 0 Å². The predicted molar refractivity (Wildman–Crippen MR) is 62.7 cm³/mol. The van der Waals surface area contributed by atoms with Crippen LogP contribution >= 0.6 is 7.14 Å². The Hall–Kier alpha value is -0.950. The van der Waals surface area contributed by atoms with Crippen LogP contribution < -0.4 is 9.47 Å². The van der Waals surface area contributed by atoms with Gasteiger partial charge >= 0.3 is 0 Å². The third kappa shape index (κ3) is 3.96. The molecule has 0 aliphatic carbocycles. The molecule has 1 rings (SSSR count). The summed E-state index contributed by atoms with van der Waals surface area (Å²) in [6.07, 6.45) is 0.570. The first-order valence-corrected chi connectivity index (χ1v) is 7.49. The molecule has 0 bridgehead atoms. The van der Waals surface area contributed by atoms with Crippen LogP contribution in [0, 0.1) is 0 Å². The molecule has 0 aliphatic heterocycles. The van der Waals surface area contributed by atoms with Crippen LogP contribution in [0.5, 0.6) is 11.5 Å². The minimum Gasteiger partial charge on any atom is -0.497 e. The van der Waals surface area contributed by atoms with E-state index in [4.69, 9.17) is 9.47 Å². The first-order valence-electron chi connectivity index (χ1n) is 4.70. The lowest BCUT2D eigenvalue weighted by atomic mass is 10.2. The van der Waals surface area contributed by atoms with E-state index in [0.717, 1.165) is 17.1 Å². The molecule has 3 nitrogen and oxygen atoms in total. The van der Waals surface area contributed by atoms with Crippen LogP contribution in [0.2, 0.25) is 0 Å². The molecule has 0 heterocycles. The fourth-order valence-electron chi connectivity index (χ4n) is 1.40. The quantitative estimate of drug-likeness (QED) is 0.743. The van der Waals surface area contributed by atoms with E-state index in [0.29, 0.717) is 6.16 Å². The molecule has 0 unspecified atom stereocenters. The molecule has 0 aliphatic rings. The molecule has 0 saturated carbocycles. The fourth-order valence-corrected chi connectivity index (χ4v) is 2.46. The highest BCUT2D eigenvalue weighted by atomic mass is 31.2. The van der Waals surface area contributed by atoms with Crippen LogP contribution in [0.1, 0.15) is 5.56 Å². The van der Waals surface area contributed by atoms with Gasteiger partial charge < -0.3 is 14.0 Å². The van der Waals surface area contributed by atoms with Gasteiger partial charge in [-0.05, 0) is 31.0 Å².